The van der Waals surface area contributed by atoms with Crippen LogP contribution >= 0.6 is 11.6 Å². The lowest BCUT2D eigenvalue weighted by molar-refractivity contribution is -0.117. The predicted molar refractivity (Wildman–Crippen MR) is 95.5 cm³/mol. The molecular formula is C17H20ClN5O. The fourth-order valence-electron chi connectivity index (χ4n) is 2.63. The van der Waals surface area contributed by atoms with E-state index in [1.807, 2.05) is 19.1 Å². The highest BCUT2D eigenvalue weighted by molar-refractivity contribution is 6.30. The monoisotopic (exact) mass is 345 g/mol. The lowest BCUT2D eigenvalue weighted by Gasteiger charge is -2.34. The van der Waals surface area contributed by atoms with Crippen molar-refractivity contribution in [3.8, 4) is 0 Å². The van der Waals surface area contributed by atoms with Crippen LogP contribution in [0.5, 0.6) is 0 Å². The van der Waals surface area contributed by atoms with Crippen molar-refractivity contribution in [2.75, 3.05) is 42.9 Å². The number of hydrogen-bond donors (Lipinski definition) is 1. The maximum absolute atomic E-state index is 12.1. The Balaban J connectivity index is 1.47. The Hall–Kier alpha value is -2.18. The molecule has 6 nitrogen and oxygen atoms in total. The molecule has 2 heterocycles. The molecule has 0 spiro atoms. The molecule has 2 aromatic rings. The molecule has 0 bridgehead atoms. The molecule has 1 amide bonds. The number of rotatable bonds is 4. The van der Waals surface area contributed by atoms with Crippen LogP contribution in [0.25, 0.3) is 0 Å². The number of benzene rings is 1. The van der Waals surface area contributed by atoms with Gasteiger partial charge in [0.1, 0.15) is 0 Å². The van der Waals surface area contributed by atoms with Gasteiger partial charge in [-0.15, -0.1) is 5.10 Å². The van der Waals surface area contributed by atoms with Crippen LogP contribution in [0.15, 0.2) is 36.4 Å². The summed E-state index contributed by atoms with van der Waals surface area (Å²) in [6.45, 7) is 5.63. The van der Waals surface area contributed by atoms with Crippen molar-refractivity contribution in [1.82, 2.24) is 15.1 Å². The van der Waals surface area contributed by atoms with E-state index in [0.717, 1.165) is 43.4 Å². The van der Waals surface area contributed by atoms with E-state index in [0.29, 0.717) is 11.6 Å². The van der Waals surface area contributed by atoms with Crippen molar-refractivity contribution in [2.45, 2.75) is 6.92 Å². The second-order valence-electron chi connectivity index (χ2n) is 5.85. The molecule has 1 fully saturated rings. The van der Waals surface area contributed by atoms with Crippen LogP contribution in [0.1, 0.15) is 5.69 Å². The van der Waals surface area contributed by atoms with Gasteiger partial charge in [-0.1, -0.05) is 11.6 Å². The lowest BCUT2D eigenvalue weighted by Crippen LogP contribution is -2.49. The second-order valence-corrected chi connectivity index (χ2v) is 6.29. The average Bonchev–Trinajstić information content (AvgIpc) is 2.58. The standard InChI is InChI=1S/C17H20ClN5O/c1-13-2-7-16(21-20-13)23-10-8-22(9-11-23)12-17(24)19-15-5-3-14(18)4-6-15/h2-7H,8-12H2,1H3,(H,19,24). The highest BCUT2D eigenvalue weighted by Crippen LogP contribution is 2.14. The van der Waals surface area contributed by atoms with E-state index < -0.39 is 0 Å². The van der Waals surface area contributed by atoms with E-state index in [2.05, 4.69) is 25.3 Å². The summed E-state index contributed by atoms with van der Waals surface area (Å²) in [4.78, 5) is 16.5. The number of aromatic nitrogens is 2. The third-order valence-electron chi connectivity index (χ3n) is 3.98. The first-order chi connectivity index (χ1) is 11.6. The molecule has 0 aliphatic carbocycles. The molecule has 1 N–H and O–H groups in total. The SMILES string of the molecule is Cc1ccc(N2CCN(CC(=O)Nc3ccc(Cl)cc3)CC2)nn1. The van der Waals surface area contributed by atoms with Gasteiger partial charge in [0.2, 0.25) is 5.91 Å². The van der Waals surface area contributed by atoms with Gasteiger partial charge in [-0.3, -0.25) is 9.69 Å². The summed E-state index contributed by atoms with van der Waals surface area (Å²) in [6, 6.07) is 11.1. The van der Waals surface area contributed by atoms with Crippen LogP contribution in [-0.4, -0.2) is 53.7 Å². The fraction of sp³-hybridized carbons (Fsp3) is 0.353. The average molecular weight is 346 g/mol. The molecule has 1 aromatic heterocycles. The molecule has 0 saturated carbocycles. The molecule has 1 aromatic carbocycles. The van der Waals surface area contributed by atoms with Gasteiger partial charge in [-0.2, -0.15) is 5.10 Å². The Morgan fingerprint density at radius 3 is 2.42 bits per heavy atom. The summed E-state index contributed by atoms with van der Waals surface area (Å²) in [5.41, 5.74) is 1.68. The smallest absolute Gasteiger partial charge is 0.238 e. The van der Waals surface area contributed by atoms with Crippen molar-refractivity contribution >= 4 is 29.0 Å². The Labute approximate surface area is 146 Å². The highest BCUT2D eigenvalue weighted by atomic mass is 35.5. The Bertz CT molecular complexity index is 681. The molecule has 7 heteroatoms. The zero-order valence-electron chi connectivity index (χ0n) is 13.6. The minimum atomic E-state index is -0.0131. The number of hydrogen-bond acceptors (Lipinski definition) is 5. The van der Waals surface area contributed by atoms with E-state index in [4.69, 9.17) is 11.6 Å². The van der Waals surface area contributed by atoms with Crippen molar-refractivity contribution in [3.05, 3.63) is 47.1 Å². The molecule has 126 valence electrons. The van der Waals surface area contributed by atoms with Crippen LogP contribution in [0.2, 0.25) is 5.02 Å². The van der Waals surface area contributed by atoms with Crippen LogP contribution in [-0.2, 0) is 4.79 Å². The van der Waals surface area contributed by atoms with Gasteiger partial charge in [0.25, 0.3) is 0 Å². The minimum Gasteiger partial charge on any atom is -0.353 e. The van der Waals surface area contributed by atoms with Crippen LogP contribution in [0.3, 0.4) is 0 Å². The van der Waals surface area contributed by atoms with E-state index in [9.17, 15) is 4.79 Å². The van der Waals surface area contributed by atoms with Crippen LogP contribution < -0.4 is 10.2 Å². The van der Waals surface area contributed by atoms with Crippen molar-refractivity contribution in [1.29, 1.82) is 0 Å². The van der Waals surface area contributed by atoms with Crippen LogP contribution in [0, 0.1) is 6.92 Å². The molecule has 3 rings (SSSR count). The van der Waals surface area contributed by atoms with Gasteiger partial charge in [0.15, 0.2) is 5.82 Å². The third-order valence-corrected chi connectivity index (χ3v) is 4.23. The molecule has 1 saturated heterocycles. The molecule has 0 atom stereocenters. The zero-order valence-corrected chi connectivity index (χ0v) is 14.3. The molecular weight excluding hydrogens is 326 g/mol. The Morgan fingerprint density at radius 2 is 1.79 bits per heavy atom. The topological polar surface area (TPSA) is 61.4 Å². The number of nitrogens with zero attached hydrogens (tertiary/aromatic N) is 4. The molecule has 0 radical (unpaired) electrons. The first-order valence-corrected chi connectivity index (χ1v) is 8.31. The van der Waals surface area contributed by atoms with Gasteiger partial charge in [-0.05, 0) is 43.3 Å². The first kappa shape index (κ1) is 16.7. The zero-order chi connectivity index (χ0) is 16.9. The maximum atomic E-state index is 12.1. The molecule has 1 aliphatic heterocycles. The third kappa shape index (κ3) is 4.43. The van der Waals surface area contributed by atoms with Crippen molar-refractivity contribution in [2.24, 2.45) is 0 Å². The minimum absolute atomic E-state index is 0.0131. The van der Waals surface area contributed by atoms with Gasteiger partial charge >= 0.3 is 0 Å². The van der Waals surface area contributed by atoms with E-state index in [-0.39, 0.29) is 5.91 Å². The quantitative estimate of drug-likeness (QED) is 0.920. The first-order valence-electron chi connectivity index (χ1n) is 7.93. The van der Waals surface area contributed by atoms with Gasteiger partial charge in [0, 0.05) is 36.9 Å². The fourth-order valence-corrected chi connectivity index (χ4v) is 2.76. The number of carbonyl (C=O) groups excluding carboxylic acids is 1. The van der Waals surface area contributed by atoms with Crippen LogP contribution in [0.4, 0.5) is 11.5 Å². The number of amides is 1. The summed E-state index contributed by atoms with van der Waals surface area (Å²) in [5.74, 6) is 0.881. The number of piperazine rings is 1. The summed E-state index contributed by atoms with van der Waals surface area (Å²) >= 11 is 5.84. The van der Waals surface area contributed by atoms with Gasteiger partial charge in [-0.25, -0.2) is 0 Å². The van der Waals surface area contributed by atoms with E-state index >= 15 is 0 Å². The van der Waals surface area contributed by atoms with Crippen molar-refractivity contribution < 1.29 is 4.79 Å². The number of carbonyl (C=O) groups is 1. The number of halogens is 1. The number of nitrogens with one attached hydrogen (secondary N) is 1. The van der Waals surface area contributed by atoms with Gasteiger partial charge in [0.05, 0.1) is 12.2 Å². The predicted octanol–water partition coefficient (Wildman–Crippen LogP) is 2.20. The summed E-state index contributed by atoms with van der Waals surface area (Å²) < 4.78 is 0. The van der Waals surface area contributed by atoms with E-state index in [1.54, 1.807) is 24.3 Å². The molecule has 24 heavy (non-hydrogen) atoms. The largest absolute Gasteiger partial charge is 0.353 e. The number of anilines is 2. The van der Waals surface area contributed by atoms with Gasteiger partial charge < -0.3 is 10.2 Å². The maximum Gasteiger partial charge on any atom is 0.238 e. The van der Waals surface area contributed by atoms with E-state index in [1.165, 1.54) is 0 Å². The summed E-state index contributed by atoms with van der Waals surface area (Å²) in [7, 11) is 0. The Morgan fingerprint density at radius 1 is 1.08 bits per heavy atom. The second kappa shape index (κ2) is 7.59. The summed E-state index contributed by atoms with van der Waals surface area (Å²) in [6.07, 6.45) is 0. The normalized spacial score (nSPS) is 15.3. The Kier molecular flexibility index (Phi) is 5.27. The summed E-state index contributed by atoms with van der Waals surface area (Å²) in [5, 5.41) is 11.9. The molecule has 1 aliphatic rings. The molecule has 0 unspecified atom stereocenters. The lowest BCUT2D eigenvalue weighted by atomic mass is 10.3. The van der Waals surface area contributed by atoms with Crippen molar-refractivity contribution in [3.63, 3.8) is 0 Å². The highest BCUT2D eigenvalue weighted by Gasteiger charge is 2.20. The number of aryl methyl sites for hydroxylation is 1.